The average molecular weight is 385 g/mol. The maximum absolute atomic E-state index is 5.77. The van der Waals surface area contributed by atoms with Crippen molar-refractivity contribution in [3.63, 3.8) is 0 Å². The second-order valence-electron chi connectivity index (χ2n) is 7.73. The molecule has 1 aromatic rings. The van der Waals surface area contributed by atoms with Crippen molar-refractivity contribution < 1.29 is 0 Å². The Bertz CT molecular complexity index is 784. The van der Waals surface area contributed by atoms with Crippen LogP contribution in [0, 0.1) is 5.41 Å². The van der Waals surface area contributed by atoms with Gasteiger partial charge in [-0.1, -0.05) is 27.4 Å². The number of anilines is 2. The molecule has 146 valence electrons. The zero-order chi connectivity index (χ0) is 20.2. The van der Waals surface area contributed by atoms with Crippen LogP contribution in [0.4, 0.5) is 17.1 Å². The lowest BCUT2D eigenvalue weighted by molar-refractivity contribution is 0.578. The van der Waals surface area contributed by atoms with Crippen LogP contribution in [-0.2, 0) is 0 Å². The summed E-state index contributed by atoms with van der Waals surface area (Å²) in [5.74, 6) is 0. The molecule has 1 aliphatic heterocycles. The second-order valence-corrected chi connectivity index (χ2v) is 9.11. The molecule has 0 saturated heterocycles. The molecular formula is C22H32N4S. The van der Waals surface area contributed by atoms with E-state index in [-0.39, 0.29) is 5.41 Å². The molecular weight excluding hydrogens is 352 g/mol. The van der Waals surface area contributed by atoms with Crippen LogP contribution in [0.1, 0.15) is 34.6 Å². The van der Waals surface area contributed by atoms with E-state index in [1.165, 1.54) is 11.4 Å². The predicted molar refractivity (Wildman–Crippen MR) is 123 cm³/mol. The average Bonchev–Trinajstić information content (AvgIpc) is 2.63. The molecule has 0 spiro atoms. The van der Waals surface area contributed by atoms with Gasteiger partial charge in [0.05, 0.1) is 17.9 Å². The van der Waals surface area contributed by atoms with E-state index in [9.17, 15) is 0 Å². The predicted octanol–water partition coefficient (Wildman–Crippen LogP) is 5.66. The Hall–Kier alpha value is -2.14. The molecule has 0 radical (unpaired) electrons. The molecule has 27 heavy (non-hydrogen) atoms. The third-order valence-electron chi connectivity index (χ3n) is 4.53. The number of fused-ring (bicyclic) bond motifs is 1. The van der Waals surface area contributed by atoms with Gasteiger partial charge in [-0.05, 0) is 62.2 Å². The summed E-state index contributed by atoms with van der Waals surface area (Å²) in [5.41, 5.74) is 11.1. The first-order valence-corrected chi connectivity index (χ1v) is 10.1. The van der Waals surface area contributed by atoms with E-state index in [4.69, 9.17) is 10.7 Å². The minimum atomic E-state index is 0.0680. The standard InChI is InChI=1S/C22H32N4S/c1-8-17(23)11-10-16(3)27-25(7)18-12-13-20-19(14-18)24-21(22(4,5)6)15-26(20)9-2/h8,10-14H,1,9,15,23H2,2-7H3/b16-10+,17-11+. The van der Waals surface area contributed by atoms with Crippen molar-refractivity contribution in [1.82, 2.24) is 0 Å². The molecule has 1 aliphatic rings. The van der Waals surface area contributed by atoms with E-state index in [1.54, 1.807) is 18.0 Å². The summed E-state index contributed by atoms with van der Waals surface area (Å²) in [6.07, 6.45) is 5.52. The topological polar surface area (TPSA) is 44.9 Å². The fraction of sp³-hybridized carbons (Fsp3) is 0.409. The number of allylic oxidation sites excluding steroid dienone is 4. The number of hydrogen-bond acceptors (Lipinski definition) is 5. The molecule has 2 N–H and O–H groups in total. The number of nitrogens with two attached hydrogens (primary N) is 1. The van der Waals surface area contributed by atoms with Gasteiger partial charge in [0.15, 0.2) is 0 Å². The third kappa shape index (κ3) is 5.42. The van der Waals surface area contributed by atoms with Gasteiger partial charge in [-0.3, -0.25) is 4.99 Å². The van der Waals surface area contributed by atoms with E-state index >= 15 is 0 Å². The summed E-state index contributed by atoms with van der Waals surface area (Å²) in [6, 6.07) is 6.52. The van der Waals surface area contributed by atoms with E-state index in [1.807, 2.05) is 12.2 Å². The Balaban J connectivity index is 2.29. The quantitative estimate of drug-likeness (QED) is 0.507. The highest BCUT2D eigenvalue weighted by Gasteiger charge is 2.26. The Kier molecular flexibility index (Phi) is 6.82. The van der Waals surface area contributed by atoms with Gasteiger partial charge in [0.1, 0.15) is 0 Å². The highest BCUT2D eigenvalue weighted by molar-refractivity contribution is 8.04. The Morgan fingerprint density at radius 3 is 2.67 bits per heavy atom. The fourth-order valence-corrected chi connectivity index (χ4v) is 3.56. The zero-order valence-electron chi connectivity index (χ0n) is 17.4. The molecule has 4 nitrogen and oxygen atoms in total. The molecule has 0 atom stereocenters. The van der Waals surface area contributed by atoms with Crippen molar-refractivity contribution >= 4 is 34.7 Å². The Morgan fingerprint density at radius 2 is 2.07 bits per heavy atom. The molecule has 0 unspecified atom stereocenters. The highest BCUT2D eigenvalue weighted by Crippen LogP contribution is 2.39. The van der Waals surface area contributed by atoms with Crippen LogP contribution < -0.4 is 14.9 Å². The van der Waals surface area contributed by atoms with E-state index < -0.39 is 0 Å². The monoisotopic (exact) mass is 384 g/mol. The molecule has 0 saturated carbocycles. The van der Waals surface area contributed by atoms with Gasteiger partial charge >= 0.3 is 0 Å². The number of nitrogens with zero attached hydrogens (tertiary/aromatic N) is 3. The van der Waals surface area contributed by atoms with Crippen LogP contribution in [0.15, 0.2) is 58.6 Å². The van der Waals surface area contributed by atoms with E-state index in [0.717, 1.165) is 29.4 Å². The molecule has 2 rings (SSSR count). The maximum atomic E-state index is 5.77. The van der Waals surface area contributed by atoms with Crippen LogP contribution in [0.3, 0.4) is 0 Å². The zero-order valence-corrected chi connectivity index (χ0v) is 18.2. The van der Waals surface area contributed by atoms with Crippen molar-refractivity contribution in [3.05, 3.63) is 53.6 Å². The minimum absolute atomic E-state index is 0.0680. The summed E-state index contributed by atoms with van der Waals surface area (Å²) < 4.78 is 2.15. The van der Waals surface area contributed by atoms with Crippen molar-refractivity contribution in [2.24, 2.45) is 16.1 Å². The van der Waals surface area contributed by atoms with Gasteiger partial charge in [-0.15, -0.1) is 0 Å². The Labute approximate surface area is 168 Å². The van der Waals surface area contributed by atoms with Gasteiger partial charge < -0.3 is 14.9 Å². The van der Waals surface area contributed by atoms with Gasteiger partial charge in [0.2, 0.25) is 0 Å². The first kappa shape index (κ1) is 21.2. The lowest BCUT2D eigenvalue weighted by atomic mass is 9.88. The highest BCUT2D eigenvalue weighted by atomic mass is 32.2. The summed E-state index contributed by atoms with van der Waals surface area (Å²) in [4.78, 5) is 8.54. The summed E-state index contributed by atoms with van der Waals surface area (Å²) in [7, 11) is 2.07. The largest absolute Gasteiger partial charge is 0.399 e. The van der Waals surface area contributed by atoms with Crippen LogP contribution in [0.5, 0.6) is 0 Å². The fourth-order valence-electron chi connectivity index (χ4n) is 2.78. The Morgan fingerprint density at radius 1 is 1.37 bits per heavy atom. The van der Waals surface area contributed by atoms with Crippen molar-refractivity contribution in [3.8, 4) is 0 Å². The van der Waals surface area contributed by atoms with Crippen LogP contribution in [0.2, 0.25) is 0 Å². The molecule has 0 bridgehead atoms. The van der Waals surface area contributed by atoms with Crippen LogP contribution in [-0.4, -0.2) is 25.8 Å². The molecule has 5 heteroatoms. The number of rotatable bonds is 6. The smallest absolute Gasteiger partial charge is 0.0884 e. The molecule has 1 heterocycles. The van der Waals surface area contributed by atoms with Crippen LogP contribution in [0.25, 0.3) is 0 Å². The van der Waals surface area contributed by atoms with E-state index in [2.05, 4.69) is 75.6 Å². The summed E-state index contributed by atoms with van der Waals surface area (Å²) in [6.45, 7) is 16.5. The van der Waals surface area contributed by atoms with Crippen molar-refractivity contribution in [2.75, 3.05) is 29.3 Å². The first-order valence-electron chi connectivity index (χ1n) is 9.31. The number of aliphatic imine (C=N–C) groups is 1. The molecule has 0 aliphatic carbocycles. The van der Waals surface area contributed by atoms with E-state index in [0.29, 0.717) is 5.70 Å². The van der Waals surface area contributed by atoms with Crippen LogP contribution >= 0.6 is 11.9 Å². The van der Waals surface area contributed by atoms with Crippen molar-refractivity contribution in [2.45, 2.75) is 34.6 Å². The van der Waals surface area contributed by atoms with Gasteiger partial charge in [0, 0.05) is 41.0 Å². The molecule has 0 fully saturated rings. The molecule has 0 amide bonds. The summed E-state index contributed by atoms with van der Waals surface area (Å²) in [5, 5.41) is 0. The second kappa shape index (κ2) is 8.70. The van der Waals surface area contributed by atoms with Crippen molar-refractivity contribution in [1.29, 1.82) is 0 Å². The van der Waals surface area contributed by atoms with Gasteiger partial charge in [0.25, 0.3) is 0 Å². The minimum Gasteiger partial charge on any atom is -0.399 e. The maximum Gasteiger partial charge on any atom is 0.0884 e. The third-order valence-corrected chi connectivity index (χ3v) is 5.44. The lowest BCUT2D eigenvalue weighted by Crippen LogP contribution is -2.38. The van der Waals surface area contributed by atoms with Gasteiger partial charge in [-0.25, -0.2) is 0 Å². The first-order chi connectivity index (χ1) is 12.7. The SMILES string of the molecule is C=C/C(N)=C\C=C(/C)SN(C)c1ccc2c(c1)N=C(C(C)(C)C)CN2CC. The normalized spacial score (nSPS) is 15.3. The summed E-state index contributed by atoms with van der Waals surface area (Å²) >= 11 is 1.67. The number of benzene rings is 1. The van der Waals surface area contributed by atoms with Gasteiger partial charge in [-0.2, -0.15) is 0 Å². The molecule has 1 aromatic carbocycles. The number of hydrogen-bond donors (Lipinski definition) is 1. The lowest BCUT2D eigenvalue weighted by Gasteiger charge is -2.34. The molecule has 0 aromatic heterocycles.